The quantitative estimate of drug-likeness (QED) is 0.212. The Hall–Kier alpha value is -4.51. The molecule has 1 saturated heterocycles. The molecule has 0 spiro atoms. The lowest BCUT2D eigenvalue weighted by atomic mass is 10.1. The van der Waals surface area contributed by atoms with Gasteiger partial charge in [-0.1, -0.05) is 0 Å². The van der Waals surface area contributed by atoms with Crippen molar-refractivity contribution in [1.82, 2.24) is 9.47 Å². The molecule has 0 aliphatic carbocycles. The Morgan fingerprint density at radius 3 is 2.22 bits per heavy atom. The van der Waals surface area contributed by atoms with Crippen LogP contribution in [0, 0.1) is 24.0 Å². The first-order valence-electron chi connectivity index (χ1n) is 10.6. The fraction of sp³-hybridized carbons (Fsp3) is 0.120. The summed E-state index contributed by atoms with van der Waals surface area (Å²) in [6.07, 6.45) is 1.59. The van der Waals surface area contributed by atoms with E-state index in [4.69, 9.17) is 5.11 Å². The van der Waals surface area contributed by atoms with Gasteiger partial charge in [-0.2, -0.15) is 0 Å². The summed E-state index contributed by atoms with van der Waals surface area (Å²) < 4.78 is 1.90. The highest BCUT2D eigenvalue weighted by Crippen LogP contribution is 2.34. The lowest BCUT2D eigenvalue weighted by Gasteiger charge is -2.11. The van der Waals surface area contributed by atoms with E-state index in [0.717, 1.165) is 33.7 Å². The van der Waals surface area contributed by atoms with Crippen molar-refractivity contribution in [2.75, 3.05) is 6.54 Å². The van der Waals surface area contributed by atoms with Crippen LogP contribution in [-0.4, -0.2) is 48.9 Å². The zero-order valence-electron chi connectivity index (χ0n) is 19.1. The molecule has 1 fully saturated rings. The molecule has 4 rings (SSSR count). The fourth-order valence-corrected chi connectivity index (χ4v) is 4.69. The number of nitro benzene ring substituents is 1. The van der Waals surface area contributed by atoms with Crippen LogP contribution in [0.4, 0.5) is 10.5 Å². The number of hydrogen-bond donors (Lipinski definition) is 1. The summed E-state index contributed by atoms with van der Waals surface area (Å²) in [6, 6.07) is 13.2. The van der Waals surface area contributed by atoms with Crippen molar-refractivity contribution in [3.05, 3.63) is 97.7 Å². The molecule has 1 aliphatic rings. The van der Waals surface area contributed by atoms with Crippen LogP contribution in [0.2, 0.25) is 0 Å². The third-order valence-corrected chi connectivity index (χ3v) is 6.61. The highest BCUT2D eigenvalue weighted by molar-refractivity contribution is 8.18. The van der Waals surface area contributed by atoms with Crippen LogP contribution >= 0.6 is 11.8 Å². The first kappa shape index (κ1) is 24.6. The lowest BCUT2D eigenvalue weighted by molar-refractivity contribution is -0.384. The molecule has 0 saturated carbocycles. The highest BCUT2D eigenvalue weighted by Gasteiger charge is 2.36. The smallest absolute Gasteiger partial charge is 0.335 e. The van der Waals surface area contributed by atoms with Crippen LogP contribution in [0.5, 0.6) is 0 Å². The second kappa shape index (κ2) is 9.62. The number of carboxylic acid groups (broad SMARTS) is 1. The monoisotopic (exact) mass is 505 g/mol. The topological polar surface area (TPSA) is 140 Å². The number of non-ortho nitro benzene ring substituents is 1. The minimum Gasteiger partial charge on any atom is -0.478 e. The molecule has 36 heavy (non-hydrogen) atoms. The number of nitro groups is 1. The number of imide groups is 1. The van der Waals surface area contributed by atoms with Gasteiger partial charge in [0.2, 0.25) is 0 Å². The van der Waals surface area contributed by atoms with Crippen molar-refractivity contribution in [2.45, 2.75) is 13.8 Å². The van der Waals surface area contributed by atoms with Crippen LogP contribution in [0.15, 0.2) is 59.5 Å². The third-order valence-electron chi connectivity index (χ3n) is 5.70. The molecule has 11 heteroatoms. The largest absolute Gasteiger partial charge is 0.478 e. The molecule has 1 aromatic heterocycles. The van der Waals surface area contributed by atoms with Gasteiger partial charge in [-0.3, -0.25) is 29.4 Å². The Labute approximate surface area is 209 Å². The third kappa shape index (κ3) is 4.68. The number of amides is 2. The molecule has 1 N–H and O–H groups in total. The molecular weight excluding hydrogens is 486 g/mol. The van der Waals surface area contributed by atoms with Gasteiger partial charge in [-0.05, 0) is 79.7 Å². The van der Waals surface area contributed by atoms with Crippen molar-refractivity contribution in [3.63, 3.8) is 0 Å². The Morgan fingerprint density at radius 1 is 1.03 bits per heavy atom. The highest BCUT2D eigenvalue weighted by atomic mass is 32.2. The number of aryl methyl sites for hydroxylation is 1. The van der Waals surface area contributed by atoms with Gasteiger partial charge in [0.15, 0.2) is 5.78 Å². The van der Waals surface area contributed by atoms with Crippen LogP contribution in [0.1, 0.15) is 37.7 Å². The van der Waals surface area contributed by atoms with Crippen LogP contribution in [0.3, 0.4) is 0 Å². The molecule has 182 valence electrons. The van der Waals surface area contributed by atoms with E-state index in [2.05, 4.69) is 0 Å². The molecule has 0 atom stereocenters. The molecule has 10 nitrogen and oxygen atoms in total. The van der Waals surface area contributed by atoms with Gasteiger partial charge in [-0.25, -0.2) is 4.79 Å². The van der Waals surface area contributed by atoms with Gasteiger partial charge in [0.1, 0.15) is 0 Å². The predicted molar refractivity (Wildman–Crippen MR) is 132 cm³/mol. The number of ketones is 1. The Bertz CT molecular complexity index is 1450. The van der Waals surface area contributed by atoms with Crippen molar-refractivity contribution in [3.8, 4) is 5.69 Å². The number of Topliss-reactive ketones (excluding diaryl/α,β-unsaturated/α-hetero) is 1. The fourth-order valence-electron chi connectivity index (χ4n) is 3.87. The first-order valence-corrected chi connectivity index (χ1v) is 11.4. The SMILES string of the molecule is Cc1cc(/C=C2/SC(=O)N(CC(=O)c3ccc([N+](=O)[O-])cc3)C2=O)c(C)n1-c1ccc(C(=O)O)cc1. The summed E-state index contributed by atoms with van der Waals surface area (Å²) in [5.41, 5.74) is 3.22. The number of hydrogen-bond acceptors (Lipinski definition) is 7. The number of benzene rings is 2. The van der Waals surface area contributed by atoms with E-state index in [1.807, 2.05) is 24.5 Å². The average Bonchev–Trinajstić information content (AvgIpc) is 3.27. The van der Waals surface area contributed by atoms with E-state index in [-0.39, 0.29) is 21.7 Å². The summed E-state index contributed by atoms with van der Waals surface area (Å²) >= 11 is 0.727. The Morgan fingerprint density at radius 2 is 1.64 bits per heavy atom. The molecule has 0 unspecified atom stereocenters. The molecule has 0 radical (unpaired) electrons. The summed E-state index contributed by atoms with van der Waals surface area (Å²) in [7, 11) is 0. The molecule has 1 aliphatic heterocycles. The van der Waals surface area contributed by atoms with Gasteiger partial charge in [0.05, 0.1) is 21.9 Å². The Balaban J connectivity index is 1.55. The van der Waals surface area contributed by atoms with Gasteiger partial charge in [-0.15, -0.1) is 0 Å². The zero-order valence-corrected chi connectivity index (χ0v) is 19.9. The zero-order chi connectivity index (χ0) is 26.1. The van der Waals surface area contributed by atoms with Crippen molar-refractivity contribution in [2.24, 2.45) is 0 Å². The summed E-state index contributed by atoms with van der Waals surface area (Å²) in [5, 5.41) is 19.3. The maximum Gasteiger partial charge on any atom is 0.335 e. The maximum atomic E-state index is 12.9. The molecule has 3 aromatic rings. The van der Waals surface area contributed by atoms with Gasteiger partial charge >= 0.3 is 5.97 Å². The van der Waals surface area contributed by atoms with E-state index in [9.17, 15) is 29.3 Å². The van der Waals surface area contributed by atoms with E-state index in [1.165, 1.54) is 36.4 Å². The number of aromatic carboxylic acids is 1. The van der Waals surface area contributed by atoms with Gasteiger partial charge in [0, 0.05) is 34.8 Å². The number of carbonyl (C=O) groups excluding carboxylic acids is 3. The second-order valence-corrected chi connectivity index (χ2v) is 9.00. The molecule has 0 bridgehead atoms. The molecule has 2 aromatic carbocycles. The van der Waals surface area contributed by atoms with Gasteiger partial charge in [0.25, 0.3) is 16.8 Å². The van der Waals surface area contributed by atoms with Crippen molar-refractivity contribution >= 4 is 46.4 Å². The van der Waals surface area contributed by atoms with Crippen LogP contribution < -0.4 is 0 Å². The number of aromatic nitrogens is 1. The summed E-state index contributed by atoms with van der Waals surface area (Å²) in [6.45, 7) is 3.23. The number of nitrogens with zero attached hydrogens (tertiary/aromatic N) is 3. The number of rotatable bonds is 7. The minimum atomic E-state index is -1.02. The molecule has 2 amide bonds. The molecular formula is C25H19N3O7S. The maximum absolute atomic E-state index is 12.9. The minimum absolute atomic E-state index is 0.154. The van der Waals surface area contributed by atoms with E-state index in [1.54, 1.807) is 18.2 Å². The van der Waals surface area contributed by atoms with Gasteiger partial charge < -0.3 is 9.67 Å². The Kier molecular flexibility index (Phi) is 6.58. The van der Waals surface area contributed by atoms with E-state index in [0.29, 0.717) is 5.56 Å². The lowest BCUT2D eigenvalue weighted by Crippen LogP contribution is -2.33. The van der Waals surface area contributed by atoms with Crippen LogP contribution in [-0.2, 0) is 4.79 Å². The first-order chi connectivity index (χ1) is 17.1. The summed E-state index contributed by atoms with van der Waals surface area (Å²) in [4.78, 5) is 60.3. The standard InChI is InChI=1S/C25H19N3O7S/c1-14-11-18(15(2)27(14)19-7-5-17(6-8-19)24(31)32)12-22-23(30)26(25(33)36-22)13-21(29)16-3-9-20(10-4-16)28(34)35/h3-12H,13H2,1-2H3,(H,31,32)/b22-12+. The normalized spacial score (nSPS) is 14.5. The summed E-state index contributed by atoms with van der Waals surface area (Å²) in [5.74, 6) is -2.14. The van der Waals surface area contributed by atoms with Crippen molar-refractivity contribution in [1.29, 1.82) is 0 Å². The van der Waals surface area contributed by atoms with E-state index >= 15 is 0 Å². The number of thioether (sulfide) groups is 1. The number of carbonyl (C=O) groups is 4. The second-order valence-electron chi connectivity index (χ2n) is 8.01. The predicted octanol–water partition coefficient (Wildman–Crippen LogP) is 4.62. The van der Waals surface area contributed by atoms with Crippen molar-refractivity contribution < 1.29 is 29.2 Å². The average molecular weight is 506 g/mol. The molecule has 2 heterocycles. The van der Waals surface area contributed by atoms with E-state index < -0.39 is 34.4 Å². The number of carboxylic acids is 1. The van der Waals surface area contributed by atoms with Crippen LogP contribution in [0.25, 0.3) is 11.8 Å².